The van der Waals surface area contributed by atoms with Crippen molar-refractivity contribution in [3.05, 3.63) is 53.2 Å². The Kier molecular flexibility index (Phi) is 3.06. The molecule has 0 saturated carbocycles. The largest absolute Gasteiger partial charge is 0.417 e. The van der Waals surface area contributed by atoms with Gasteiger partial charge >= 0.3 is 6.18 Å². The van der Waals surface area contributed by atoms with Crippen molar-refractivity contribution in [2.75, 3.05) is 5.73 Å². The van der Waals surface area contributed by atoms with Gasteiger partial charge in [-0.2, -0.15) is 13.2 Å². The third-order valence-electron chi connectivity index (χ3n) is 3.11. The molecular weight excluding hydrogens is 303 g/mol. The molecule has 7 heteroatoms. The zero-order chi connectivity index (χ0) is 15.2. The maximum absolute atomic E-state index is 13.1. The third kappa shape index (κ3) is 2.31. The summed E-state index contributed by atoms with van der Waals surface area (Å²) in [7, 11) is 0. The summed E-state index contributed by atoms with van der Waals surface area (Å²) in [6.07, 6.45) is -2.96. The molecule has 0 aliphatic carbocycles. The SMILES string of the molecule is Nc1c(-c2ccccc2C(F)(F)F)nc2ccc(Cl)cn12. The molecule has 0 bridgehead atoms. The Morgan fingerprint density at radius 2 is 1.81 bits per heavy atom. The van der Waals surface area contributed by atoms with E-state index in [0.717, 1.165) is 6.07 Å². The van der Waals surface area contributed by atoms with E-state index >= 15 is 0 Å². The first-order valence-electron chi connectivity index (χ1n) is 5.97. The number of aromatic nitrogens is 2. The fraction of sp³-hybridized carbons (Fsp3) is 0.0714. The second-order valence-electron chi connectivity index (χ2n) is 4.46. The molecular formula is C14H9ClF3N3. The fourth-order valence-electron chi connectivity index (χ4n) is 2.17. The van der Waals surface area contributed by atoms with E-state index in [2.05, 4.69) is 4.98 Å². The van der Waals surface area contributed by atoms with Crippen LogP contribution in [0.5, 0.6) is 0 Å². The van der Waals surface area contributed by atoms with Gasteiger partial charge in [0.15, 0.2) is 0 Å². The quantitative estimate of drug-likeness (QED) is 0.730. The molecule has 0 atom stereocenters. The summed E-state index contributed by atoms with van der Waals surface area (Å²) in [6.45, 7) is 0. The predicted octanol–water partition coefficient (Wildman–Crippen LogP) is 4.26. The van der Waals surface area contributed by atoms with Crippen molar-refractivity contribution < 1.29 is 13.2 Å². The molecule has 0 aliphatic heterocycles. The van der Waals surface area contributed by atoms with Gasteiger partial charge < -0.3 is 5.73 Å². The highest BCUT2D eigenvalue weighted by molar-refractivity contribution is 6.30. The lowest BCUT2D eigenvalue weighted by Crippen LogP contribution is -2.07. The van der Waals surface area contributed by atoms with Crippen molar-refractivity contribution in [2.24, 2.45) is 0 Å². The molecule has 0 saturated heterocycles. The van der Waals surface area contributed by atoms with Crippen LogP contribution < -0.4 is 5.73 Å². The molecule has 0 spiro atoms. The molecule has 108 valence electrons. The summed E-state index contributed by atoms with van der Waals surface area (Å²) in [5.41, 5.74) is 5.62. The average molecular weight is 312 g/mol. The monoisotopic (exact) mass is 311 g/mol. The molecule has 0 aliphatic rings. The number of nitrogens with two attached hydrogens (primary N) is 1. The van der Waals surface area contributed by atoms with E-state index in [9.17, 15) is 13.2 Å². The minimum Gasteiger partial charge on any atom is -0.383 e. The highest BCUT2D eigenvalue weighted by Gasteiger charge is 2.34. The van der Waals surface area contributed by atoms with Crippen LogP contribution in [0.15, 0.2) is 42.6 Å². The number of halogens is 4. The van der Waals surface area contributed by atoms with E-state index in [1.165, 1.54) is 28.8 Å². The van der Waals surface area contributed by atoms with E-state index in [0.29, 0.717) is 10.7 Å². The second kappa shape index (κ2) is 4.66. The fourth-order valence-corrected chi connectivity index (χ4v) is 2.33. The number of anilines is 1. The number of pyridine rings is 1. The molecule has 3 nitrogen and oxygen atoms in total. The predicted molar refractivity (Wildman–Crippen MR) is 75.1 cm³/mol. The molecule has 1 aromatic carbocycles. The van der Waals surface area contributed by atoms with Crippen LogP contribution in [-0.4, -0.2) is 9.38 Å². The van der Waals surface area contributed by atoms with E-state index in [-0.39, 0.29) is 17.1 Å². The number of imidazole rings is 1. The average Bonchev–Trinajstić information content (AvgIpc) is 2.75. The van der Waals surface area contributed by atoms with E-state index in [4.69, 9.17) is 17.3 Å². The Labute approximate surface area is 122 Å². The molecule has 0 amide bonds. The lowest BCUT2D eigenvalue weighted by molar-refractivity contribution is -0.137. The van der Waals surface area contributed by atoms with Crippen molar-refractivity contribution in [1.82, 2.24) is 9.38 Å². The Bertz CT molecular complexity index is 824. The van der Waals surface area contributed by atoms with Gasteiger partial charge in [-0.3, -0.25) is 4.40 Å². The molecule has 0 radical (unpaired) electrons. The Balaban J connectivity index is 2.29. The third-order valence-corrected chi connectivity index (χ3v) is 3.33. The van der Waals surface area contributed by atoms with Crippen LogP contribution >= 0.6 is 11.6 Å². The van der Waals surface area contributed by atoms with Gasteiger partial charge in [0.05, 0.1) is 10.6 Å². The minimum absolute atomic E-state index is 0.0534. The van der Waals surface area contributed by atoms with Crippen LogP contribution in [-0.2, 0) is 6.18 Å². The summed E-state index contributed by atoms with van der Waals surface area (Å²) in [5, 5.41) is 0.419. The summed E-state index contributed by atoms with van der Waals surface area (Å²) in [5.74, 6) is 0.115. The van der Waals surface area contributed by atoms with Crippen LogP contribution in [0.3, 0.4) is 0 Å². The molecule has 2 N–H and O–H groups in total. The molecule has 2 aromatic heterocycles. The standard InChI is InChI=1S/C14H9ClF3N3/c15-8-5-6-11-20-12(13(19)21(11)7-8)9-3-1-2-4-10(9)14(16,17)18/h1-7H,19H2. The van der Waals surface area contributed by atoms with Gasteiger partial charge in [-0.15, -0.1) is 0 Å². The van der Waals surface area contributed by atoms with Gasteiger partial charge in [0.2, 0.25) is 0 Å². The van der Waals surface area contributed by atoms with E-state index < -0.39 is 11.7 Å². The smallest absolute Gasteiger partial charge is 0.383 e. The van der Waals surface area contributed by atoms with Crippen molar-refractivity contribution >= 4 is 23.1 Å². The lowest BCUT2D eigenvalue weighted by atomic mass is 10.0. The van der Waals surface area contributed by atoms with Gasteiger partial charge in [0.25, 0.3) is 0 Å². The normalized spacial score (nSPS) is 12.0. The molecule has 3 rings (SSSR count). The number of nitrogen functional groups attached to an aromatic ring is 1. The van der Waals surface area contributed by atoms with Crippen LogP contribution in [0.2, 0.25) is 5.02 Å². The van der Waals surface area contributed by atoms with Crippen molar-refractivity contribution in [1.29, 1.82) is 0 Å². The summed E-state index contributed by atoms with van der Waals surface area (Å²) < 4.78 is 40.7. The maximum Gasteiger partial charge on any atom is 0.417 e. The van der Waals surface area contributed by atoms with Crippen LogP contribution in [0.1, 0.15) is 5.56 Å². The second-order valence-corrected chi connectivity index (χ2v) is 4.90. The molecule has 2 heterocycles. The molecule has 21 heavy (non-hydrogen) atoms. The number of alkyl halides is 3. The minimum atomic E-state index is -4.48. The Hall–Kier alpha value is -2.21. The molecule has 0 fully saturated rings. The van der Waals surface area contributed by atoms with Gasteiger partial charge in [-0.1, -0.05) is 29.8 Å². The van der Waals surface area contributed by atoms with Crippen LogP contribution in [0.25, 0.3) is 16.9 Å². The molecule has 0 unspecified atom stereocenters. The van der Waals surface area contributed by atoms with Crippen molar-refractivity contribution in [3.63, 3.8) is 0 Å². The highest BCUT2D eigenvalue weighted by atomic mass is 35.5. The zero-order valence-electron chi connectivity index (χ0n) is 10.5. The van der Waals surface area contributed by atoms with Crippen LogP contribution in [0.4, 0.5) is 19.0 Å². The zero-order valence-corrected chi connectivity index (χ0v) is 11.3. The number of rotatable bonds is 1. The topological polar surface area (TPSA) is 43.3 Å². The maximum atomic E-state index is 13.1. The van der Waals surface area contributed by atoms with E-state index in [1.54, 1.807) is 12.1 Å². The number of nitrogens with zero attached hydrogens (tertiary/aromatic N) is 2. The summed E-state index contributed by atoms with van der Waals surface area (Å²) >= 11 is 5.87. The van der Waals surface area contributed by atoms with Crippen LogP contribution in [0, 0.1) is 0 Å². The summed E-state index contributed by atoms with van der Waals surface area (Å²) in [6, 6.07) is 8.39. The Morgan fingerprint density at radius 1 is 1.10 bits per heavy atom. The van der Waals surface area contributed by atoms with Crippen molar-refractivity contribution in [3.8, 4) is 11.3 Å². The highest BCUT2D eigenvalue weighted by Crippen LogP contribution is 2.38. The molecule has 3 aromatic rings. The van der Waals surface area contributed by atoms with Gasteiger partial charge in [0.1, 0.15) is 17.2 Å². The summed E-state index contributed by atoms with van der Waals surface area (Å²) in [4.78, 5) is 4.18. The van der Waals surface area contributed by atoms with Gasteiger partial charge in [-0.25, -0.2) is 4.98 Å². The number of hydrogen-bond donors (Lipinski definition) is 1. The number of benzene rings is 1. The first-order valence-corrected chi connectivity index (χ1v) is 6.35. The van der Waals surface area contributed by atoms with Gasteiger partial charge in [-0.05, 0) is 18.2 Å². The van der Waals surface area contributed by atoms with Gasteiger partial charge in [0, 0.05) is 11.8 Å². The van der Waals surface area contributed by atoms with E-state index in [1.807, 2.05) is 0 Å². The van der Waals surface area contributed by atoms with Crippen molar-refractivity contribution in [2.45, 2.75) is 6.18 Å². The Morgan fingerprint density at radius 3 is 2.52 bits per heavy atom. The first-order chi connectivity index (χ1) is 9.88. The number of hydrogen-bond acceptors (Lipinski definition) is 2. The first kappa shape index (κ1) is 13.8. The number of fused-ring (bicyclic) bond motifs is 1. The lowest BCUT2D eigenvalue weighted by Gasteiger charge is -2.11.